The van der Waals surface area contributed by atoms with E-state index >= 15 is 0 Å². The molecule has 0 radical (unpaired) electrons. The molecule has 2 heterocycles. The topological polar surface area (TPSA) is 61.7 Å². The summed E-state index contributed by atoms with van der Waals surface area (Å²) in [7, 11) is 0. The van der Waals surface area contributed by atoms with Gasteiger partial charge in [0.05, 0.1) is 18.3 Å². The zero-order chi connectivity index (χ0) is 23.3. The van der Waals surface area contributed by atoms with Crippen LogP contribution in [0.4, 0.5) is 5.82 Å². The minimum absolute atomic E-state index is 0.227. The summed E-state index contributed by atoms with van der Waals surface area (Å²) in [6.45, 7) is 16.9. The van der Waals surface area contributed by atoms with E-state index in [4.69, 9.17) is 14.7 Å². The Labute approximate surface area is 193 Å². The highest BCUT2D eigenvalue weighted by atomic mass is 16.5. The number of anilines is 1. The SMILES string of the molecule is CCc1nc(C)nc(N2CCN(CC(O)COC(C)(C)C)CC2)c1Cc1ccc(C)cc1. The molecule has 0 saturated carbocycles. The number of aliphatic hydroxyl groups is 1. The molecular formula is C26H40N4O2. The Morgan fingerprint density at radius 2 is 1.69 bits per heavy atom. The molecule has 2 aromatic rings. The van der Waals surface area contributed by atoms with E-state index in [-0.39, 0.29) is 5.60 Å². The van der Waals surface area contributed by atoms with Crippen molar-refractivity contribution in [2.24, 2.45) is 0 Å². The maximum atomic E-state index is 10.4. The highest BCUT2D eigenvalue weighted by Crippen LogP contribution is 2.26. The summed E-state index contributed by atoms with van der Waals surface area (Å²) >= 11 is 0. The van der Waals surface area contributed by atoms with Crippen LogP contribution in [0.25, 0.3) is 0 Å². The Morgan fingerprint density at radius 1 is 1.03 bits per heavy atom. The Morgan fingerprint density at radius 3 is 2.28 bits per heavy atom. The first-order chi connectivity index (χ1) is 15.1. The number of benzene rings is 1. The van der Waals surface area contributed by atoms with E-state index in [1.54, 1.807) is 0 Å². The maximum absolute atomic E-state index is 10.4. The number of nitrogens with zero attached hydrogens (tertiary/aromatic N) is 4. The molecule has 1 aromatic carbocycles. The fourth-order valence-electron chi connectivity index (χ4n) is 4.12. The predicted octanol–water partition coefficient (Wildman–Crippen LogP) is 3.54. The molecule has 0 spiro atoms. The number of β-amino-alcohol motifs (C(OH)–C–C–N with tert-alkyl or cyclic N) is 1. The first kappa shape index (κ1) is 24.6. The molecule has 176 valence electrons. The van der Waals surface area contributed by atoms with Crippen LogP contribution in [0.5, 0.6) is 0 Å². The number of aromatic nitrogens is 2. The normalized spacial score (nSPS) is 16.4. The molecule has 1 aliphatic rings. The zero-order valence-electron chi connectivity index (χ0n) is 20.7. The third kappa shape index (κ3) is 6.99. The minimum Gasteiger partial charge on any atom is -0.389 e. The summed E-state index contributed by atoms with van der Waals surface area (Å²) in [6.07, 6.45) is 1.28. The maximum Gasteiger partial charge on any atom is 0.136 e. The lowest BCUT2D eigenvalue weighted by Gasteiger charge is -2.37. The molecule has 1 atom stereocenters. The summed E-state index contributed by atoms with van der Waals surface area (Å²) in [6, 6.07) is 8.75. The van der Waals surface area contributed by atoms with E-state index in [1.165, 1.54) is 16.7 Å². The van der Waals surface area contributed by atoms with Gasteiger partial charge in [0.1, 0.15) is 11.6 Å². The Kier molecular flexibility index (Phi) is 8.26. The largest absolute Gasteiger partial charge is 0.389 e. The van der Waals surface area contributed by atoms with Crippen molar-refractivity contribution in [1.82, 2.24) is 14.9 Å². The van der Waals surface area contributed by atoms with Gasteiger partial charge in [0.2, 0.25) is 0 Å². The van der Waals surface area contributed by atoms with Gasteiger partial charge in [-0.1, -0.05) is 36.8 Å². The first-order valence-electron chi connectivity index (χ1n) is 11.9. The number of piperazine rings is 1. The third-order valence-electron chi connectivity index (χ3n) is 5.87. The number of aliphatic hydroxyl groups excluding tert-OH is 1. The summed E-state index contributed by atoms with van der Waals surface area (Å²) in [5, 5.41) is 10.4. The van der Waals surface area contributed by atoms with Crippen molar-refractivity contribution in [3.8, 4) is 0 Å². The summed E-state index contributed by atoms with van der Waals surface area (Å²) in [5.74, 6) is 1.91. The molecule has 6 nitrogen and oxygen atoms in total. The van der Waals surface area contributed by atoms with Crippen molar-refractivity contribution >= 4 is 5.82 Å². The van der Waals surface area contributed by atoms with Crippen LogP contribution < -0.4 is 4.90 Å². The van der Waals surface area contributed by atoms with Crippen molar-refractivity contribution in [2.45, 2.75) is 66.1 Å². The highest BCUT2D eigenvalue weighted by Gasteiger charge is 2.24. The lowest BCUT2D eigenvalue weighted by atomic mass is 10.0. The van der Waals surface area contributed by atoms with Gasteiger partial charge in [-0.15, -0.1) is 0 Å². The Hall–Kier alpha value is -2.02. The van der Waals surface area contributed by atoms with Crippen molar-refractivity contribution < 1.29 is 9.84 Å². The van der Waals surface area contributed by atoms with Crippen molar-refractivity contribution in [3.05, 3.63) is 52.5 Å². The van der Waals surface area contributed by atoms with E-state index in [1.807, 2.05) is 27.7 Å². The van der Waals surface area contributed by atoms with Crippen molar-refractivity contribution in [1.29, 1.82) is 0 Å². The van der Waals surface area contributed by atoms with E-state index < -0.39 is 6.10 Å². The molecule has 32 heavy (non-hydrogen) atoms. The molecule has 1 fully saturated rings. The molecule has 6 heteroatoms. The second-order valence-electron chi connectivity index (χ2n) is 9.90. The van der Waals surface area contributed by atoms with Gasteiger partial charge in [-0.25, -0.2) is 9.97 Å². The fraction of sp³-hybridized carbons (Fsp3) is 0.615. The lowest BCUT2D eigenvalue weighted by molar-refractivity contribution is -0.0563. The smallest absolute Gasteiger partial charge is 0.136 e. The van der Waals surface area contributed by atoms with Gasteiger partial charge in [-0.3, -0.25) is 4.90 Å². The molecule has 1 unspecified atom stereocenters. The van der Waals surface area contributed by atoms with Crippen LogP contribution in [-0.4, -0.2) is 71.0 Å². The average Bonchev–Trinajstić information content (AvgIpc) is 2.75. The standard InChI is InChI=1S/C26H40N4O2/c1-7-24-23(16-21-10-8-19(2)9-11-21)25(28-20(3)27-24)30-14-12-29(13-15-30)17-22(31)18-32-26(4,5)6/h8-11,22,31H,7,12-18H2,1-6H3. The van der Waals surface area contributed by atoms with Crippen LogP contribution in [0.15, 0.2) is 24.3 Å². The molecule has 1 aromatic heterocycles. The number of aryl methyl sites for hydroxylation is 3. The average molecular weight is 441 g/mol. The number of hydrogen-bond acceptors (Lipinski definition) is 6. The summed E-state index contributed by atoms with van der Waals surface area (Å²) < 4.78 is 5.74. The van der Waals surface area contributed by atoms with Crippen molar-refractivity contribution in [2.75, 3.05) is 44.2 Å². The van der Waals surface area contributed by atoms with Crippen LogP contribution >= 0.6 is 0 Å². The minimum atomic E-state index is -0.467. The van der Waals surface area contributed by atoms with Gasteiger partial charge in [0.25, 0.3) is 0 Å². The van der Waals surface area contributed by atoms with Gasteiger partial charge in [-0.05, 0) is 46.6 Å². The molecule has 1 N–H and O–H groups in total. The summed E-state index contributed by atoms with van der Waals surface area (Å²) in [4.78, 5) is 14.4. The van der Waals surface area contributed by atoms with Gasteiger partial charge < -0.3 is 14.7 Å². The van der Waals surface area contributed by atoms with Gasteiger partial charge in [0.15, 0.2) is 0 Å². The molecular weight excluding hydrogens is 400 g/mol. The monoisotopic (exact) mass is 440 g/mol. The van der Waals surface area contributed by atoms with Crippen LogP contribution in [0, 0.1) is 13.8 Å². The molecule has 0 bridgehead atoms. The lowest BCUT2D eigenvalue weighted by Crippen LogP contribution is -2.50. The Balaban J connectivity index is 1.69. The number of rotatable bonds is 8. The second kappa shape index (κ2) is 10.7. The van der Waals surface area contributed by atoms with Crippen LogP contribution in [0.2, 0.25) is 0 Å². The van der Waals surface area contributed by atoms with Gasteiger partial charge >= 0.3 is 0 Å². The Bertz CT molecular complexity index is 869. The number of hydrogen-bond donors (Lipinski definition) is 1. The van der Waals surface area contributed by atoms with Crippen LogP contribution in [-0.2, 0) is 17.6 Å². The molecule has 1 saturated heterocycles. The van der Waals surface area contributed by atoms with Crippen LogP contribution in [0.3, 0.4) is 0 Å². The third-order valence-corrected chi connectivity index (χ3v) is 5.87. The van der Waals surface area contributed by atoms with Crippen molar-refractivity contribution in [3.63, 3.8) is 0 Å². The highest BCUT2D eigenvalue weighted by molar-refractivity contribution is 5.52. The molecule has 0 amide bonds. The number of ether oxygens (including phenoxy) is 1. The van der Waals surface area contributed by atoms with Gasteiger partial charge in [0, 0.05) is 50.4 Å². The quantitative estimate of drug-likeness (QED) is 0.677. The van der Waals surface area contributed by atoms with Gasteiger partial charge in [-0.2, -0.15) is 0 Å². The van der Waals surface area contributed by atoms with E-state index in [2.05, 4.69) is 47.9 Å². The first-order valence-corrected chi connectivity index (χ1v) is 11.9. The fourth-order valence-corrected chi connectivity index (χ4v) is 4.12. The van der Waals surface area contributed by atoms with E-state index in [0.29, 0.717) is 13.2 Å². The zero-order valence-corrected chi connectivity index (χ0v) is 20.7. The van der Waals surface area contributed by atoms with E-state index in [0.717, 1.165) is 56.4 Å². The molecule has 1 aliphatic heterocycles. The molecule has 0 aliphatic carbocycles. The van der Waals surface area contributed by atoms with E-state index in [9.17, 15) is 5.11 Å². The predicted molar refractivity (Wildman–Crippen MR) is 130 cm³/mol. The van der Waals surface area contributed by atoms with Crippen LogP contribution in [0.1, 0.15) is 55.9 Å². The second-order valence-corrected chi connectivity index (χ2v) is 9.90. The summed E-state index contributed by atoms with van der Waals surface area (Å²) in [5.41, 5.74) is 4.73. The molecule has 3 rings (SSSR count).